The summed E-state index contributed by atoms with van der Waals surface area (Å²) in [5, 5.41) is 15.0. The maximum absolute atomic E-state index is 10.7. The first-order valence-corrected chi connectivity index (χ1v) is 7.50. The van der Waals surface area contributed by atoms with E-state index in [-0.39, 0.29) is 6.10 Å². The van der Waals surface area contributed by atoms with Crippen LogP contribution in [0.25, 0.3) is 0 Å². The number of nitrogens with zero attached hydrogens (tertiary/aromatic N) is 2. The molecule has 0 saturated heterocycles. The van der Waals surface area contributed by atoms with E-state index >= 15 is 0 Å². The number of hydrogen-bond acceptors (Lipinski definition) is 2. The third-order valence-electron chi connectivity index (χ3n) is 5.07. The lowest BCUT2D eigenvalue weighted by atomic mass is 9.62. The average Bonchev–Trinajstić information content (AvgIpc) is 2.70. The van der Waals surface area contributed by atoms with Gasteiger partial charge in [-0.15, -0.1) is 0 Å². The summed E-state index contributed by atoms with van der Waals surface area (Å²) >= 11 is 0. The van der Waals surface area contributed by atoms with Crippen LogP contribution in [0.2, 0.25) is 0 Å². The lowest BCUT2D eigenvalue weighted by Gasteiger charge is -2.44. The highest BCUT2D eigenvalue weighted by Crippen LogP contribution is 2.49. The molecule has 0 aromatic carbocycles. The van der Waals surface area contributed by atoms with Crippen molar-refractivity contribution in [3.63, 3.8) is 0 Å². The van der Waals surface area contributed by atoms with E-state index in [4.69, 9.17) is 0 Å². The third kappa shape index (κ3) is 2.09. The van der Waals surface area contributed by atoms with Crippen LogP contribution in [-0.2, 0) is 6.54 Å². The fourth-order valence-electron chi connectivity index (χ4n) is 3.48. The van der Waals surface area contributed by atoms with Crippen molar-refractivity contribution < 1.29 is 5.11 Å². The number of aromatic nitrogens is 2. The first-order chi connectivity index (χ1) is 8.79. The average molecular weight is 248 g/mol. The monoisotopic (exact) mass is 248 g/mol. The molecule has 3 rings (SSSR count). The Bertz CT molecular complexity index is 379. The van der Waals surface area contributed by atoms with E-state index in [0.717, 1.165) is 23.9 Å². The highest BCUT2D eigenvalue weighted by atomic mass is 16.3. The summed E-state index contributed by atoms with van der Waals surface area (Å²) < 4.78 is 1.91. The molecular weight excluding hydrogens is 224 g/mol. The zero-order valence-electron chi connectivity index (χ0n) is 11.3. The highest BCUT2D eigenvalue weighted by Gasteiger charge is 2.40. The van der Waals surface area contributed by atoms with Crippen molar-refractivity contribution >= 4 is 0 Å². The molecule has 1 unspecified atom stereocenters. The van der Waals surface area contributed by atoms with E-state index in [0.29, 0.717) is 5.92 Å². The molecule has 0 aliphatic heterocycles. The molecule has 3 heteroatoms. The lowest BCUT2D eigenvalue weighted by Crippen LogP contribution is -2.36. The molecule has 2 fully saturated rings. The number of aryl methyl sites for hydroxylation is 1. The Labute approximate surface area is 109 Å². The first-order valence-electron chi connectivity index (χ1n) is 7.50. The van der Waals surface area contributed by atoms with E-state index in [1.54, 1.807) is 0 Å². The standard InChI is InChI=1S/C15H24N2O/c1-2-17-10-13(9-16-17)15(18)14(11-5-3-6-11)12-7-4-8-12/h9-12,14-15,18H,2-8H2,1H3. The zero-order valence-corrected chi connectivity index (χ0v) is 11.3. The molecule has 1 aromatic rings. The van der Waals surface area contributed by atoms with Crippen molar-refractivity contribution in [2.45, 2.75) is 58.1 Å². The van der Waals surface area contributed by atoms with Crippen LogP contribution >= 0.6 is 0 Å². The molecule has 2 aliphatic carbocycles. The Kier molecular flexibility index (Phi) is 3.42. The Morgan fingerprint density at radius 1 is 1.28 bits per heavy atom. The molecule has 1 N–H and O–H groups in total. The summed E-state index contributed by atoms with van der Waals surface area (Å²) in [5.74, 6) is 2.01. The molecule has 100 valence electrons. The minimum absolute atomic E-state index is 0.291. The van der Waals surface area contributed by atoms with Crippen LogP contribution in [0.3, 0.4) is 0 Å². The molecular formula is C15H24N2O. The fraction of sp³-hybridized carbons (Fsp3) is 0.800. The van der Waals surface area contributed by atoms with Crippen molar-refractivity contribution in [3.05, 3.63) is 18.0 Å². The largest absolute Gasteiger partial charge is 0.388 e. The summed E-state index contributed by atoms with van der Waals surface area (Å²) in [7, 11) is 0. The van der Waals surface area contributed by atoms with E-state index in [2.05, 4.69) is 12.0 Å². The summed E-state index contributed by atoms with van der Waals surface area (Å²) in [6.07, 6.45) is 11.6. The fourth-order valence-corrected chi connectivity index (χ4v) is 3.48. The van der Waals surface area contributed by atoms with Gasteiger partial charge in [0.2, 0.25) is 0 Å². The van der Waals surface area contributed by atoms with E-state index in [9.17, 15) is 5.11 Å². The molecule has 18 heavy (non-hydrogen) atoms. The van der Waals surface area contributed by atoms with Gasteiger partial charge in [-0.3, -0.25) is 4.68 Å². The third-order valence-corrected chi connectivity index (χ3v) is 5.07. The molecule has 2 aliphatic rings. The number of aliphatic hydroxyl groups is 1. The van der Waals surface area contributed by atoms with Gasteiger partial charge in [0.05, 0.1) is 12.3 Å². The topological polar surface area (TPSA) is 38.0 Å². The highest BCUT2D eigenvalue weighted by molar-refractivity contribution is 5.11. The number of aliphatic hydroxyl groups excluding tert-OH is 1. The SMILES string of the molecule is CCn1cc(C(O)C(C2CCC2)C2CCC2)cn1. The van der Waals surface area contributed by atoms with Gasteiger partial charge < -0.3 is 5.11 Å². The van der Waals surface area contributed by atoms with Gasteiger partial charge in [-0.25, -0.2) is 0 Å². The molecule has 0 amide bonds. The Hall–Kier alpha value is -0.830. The normalized spacial score (nSPS) is 22.8. The molecule has 1 aromatic heterocycles. The Balaban J connectivity index is 1.75. The van der Waals surface area contributed by atoms with Gasteiger partial charge in [0.25, 0.3) is 0 Å². The summed E-state index contributed by atoms with van der Waals surface area (Å²) in [5.41, 5.74) is 1.03. The van der Waals surface area contributed by atoms with Gasteiger partial charge in [-0.1, -0.05) is 38.5 Å². The van der Waals surface area contributed by atoms with Gasteiger partial charge in [-0.2, -0.15) is 5.10 Å². The van der Waals surface area contributed by atoms with E-state index < -0.39 is 0 Å². The van der Waals surface area contributed by atoms with Crippen molar-refractivity contribution in [3.8, 4) is 0 Å². The van der Waals surface area contributed by atoms with E-state index in [1.165, 1.54) is 38.5 Å². The predicted octanol–water partition coefficient (Wildman–Crippen LogP) is 3.15. The maximum Gasteiger partial charge on any atom is 0.0853 e. The van der Waals surface area contributed by atoms with Crippen molar-refractivity contribution in [2.24, 2.45) is 17.8 Å². The second-order valence-corrected chi connectivity index (χ2v) is 6.03. The van der Waals surface area contributed by atoms with Crippen LogP contribution in [0, 0.1) is 17.8 Å². The molecule has 0 radical (unpaired) electrons. The number of rotatable bonds is 5. The molecule has 1 atom stereocenters. The van der Waals surface area contributed by atoms with Gasteiger partial charge >= 0.3 is 0 Å². The summed E-state index contributed by atoms with van der Waals surface area (Å²) in [6.45, 7) is 2.96. The first kappa shape index (κ1) is 12.2. The molecule has 2 saturated carbocycles. The molecule has 1 heterocycles. The van der Waals surface area contributed by atoms with Gasteiger partial charge in [0.1, 0.15) is 0 Å². The molecule has 3 nitrogen and oxygen atoms in total. The second-order valence-electron chi connectivity index (χ2n) is 6.03. The molecule has 0 bridgehead atoms. The predicted molar refractivity (Wildman–Crippen MR) is 71.0 cm³/mol. The van der Waals surface area contributed by atoms with Crippen LogP contribution in [0.4, 0.5) is 0 Å². The van der Waals surface area contributed by atoms with Crippen LogP contribution in [0.5, 0.6) is 0 Å². The Morgan fingerprint density at radius 3 is 2.28 bits per heavy atom. The van der Waals surface area contributed by atoms with Crippen LogP contribution in [0.15, 0.2) is 12.4 Å². The van der Waals surface area contributed by atoms with Gasteiger partial charge in [-0.05, 0) is 24.7 Å². The van der Waals surface area contributed by atoms with Crippen LogP contribution < -0.4 is 0 Å². The van der Waals surface area contributed by atoms with Crippen LogP contribution in [0.1, 0.15) is 57.1 Å². The van der Waals surface area contributed by atoms with Crippen LogP contribution in [-0.4, -0.2) is 14.9 Å². The summed E-state index contributed by atoms with van der Waals surface area (Å²) in [6, 6.07) is 0. The maximum atomic E-state index is 10.7. The molecule has 0 spiro atoms. The van der Waals surface area contributed by atoms with Crippen molar-refractivity contribution in [2.75, 3.05) is 0 Å². The smallest absolute Gasteiger partial charge is 0.0853 e. The minimum Gasteiger partial charge on any atom is -0.388 e. The summed E-state index contributed by atoms with van der Waals surface area (Å²) in [4.78, 5) is 0. The second kappa shape index (κ2) is 5.04. The van der Waals surface area contributed by atoms with Gasteiger partial charge in [0, 0.05) is 18.3 Å². The zero-order chi connectivity index (χ0) is 12.5. The quantitative estimate of drug-likeness (QED) is 0.869. The van der Waals surface area contributed by atoms with Gasteiger partial charge in [0.15, 0.2) is 0 Å². The van der Waals surface area contributed by atoms with Crippen molar-refractivity contribution in [1.82, 2.24) is 9.78 Å². The van der Waals surface area contributed by atoms with E-state index in [1.807, 2.05) is 17.1 Å². The Morgan fingerprint density at radius 2 is 1.89 bits per heavy atom. The number of hydrogen-bond donors (Lipinski definition) is 1. The van der Waals surface area contributed by atoms with Crippen molar-refractivity contribution in [1.29, 1.82) is 0 Å². The lowest BCUT2D eigenvalue weighted by molar-refractivity contribution is -0.0192. The minimum atomic E-state index is -0.291.